The molecule has 0 aliphatic carbocycles. The average molecular weight is 655 g/mol. The second-order valence-electron chi connectivity index (χ2n) is 10.0. The number of esters is 1. The molecule has 1 heterocycles. The van der Waals surface area contributed by atoms with Crippen molar-refractivity contribution in [3.05, 3.63) is 34.4 Å². The molecular formula is C28H42N6O12. The molecule has 0 atom stereocenters. The number of amides is 1. The zero-order chi connectivity index (χ0) is 34.1. The van der Waals surface area contributed by atoms with Crippen molar-refractivity contribution < 1.29 is 52.9 Å². The van der Waals surface area contributed by atoms with E-state index in [2.05, 4.69) is 0 Å². The van der Waals surface area contributed by atoms with Gasteiger partial charge in [0.2, 0.25) is 5.91 Å². The lowest BCUT2D eigenvalue weighted by molar-refractivity contribution is -0.384. The number of ether oxygens (including phenoxy) is 2. The predicted octanol–water partition coefficient (Wildman–Crippen LogP) is 0.0212. The maximum absolute atomic E-state index is 13.5. The Balaban J connectivity index is 2.19. The molecule has 0 radical (unpaired) electrons. The Labute approximate surface area is 266 Å². The quantitative estimate of drug-likeness (QED) is 0.0908. The van der Waals surface area contributed by atoms with Gasteiger partial charge in [0, 0.05) is 72.2 Å². The predicted molar refractivity (Wildman–Crippen MR) is 158 cm³/mol. The van der Waals surface area contributed by atoms with Gasteiger partial charge in [-0.2, -0.15) is 0 Å². The van der Waals surface area contributed by atoms with Crippen LogP contribution in [0.25, 0.3) is 0 Å². The summed E-state index contributed by atoms with van der Waals surface area (Å²) in [7, 11) is 0. The first-order valence-corrected chi connectivity index (χ1v) is 14.7. The van der Waals surface area contributed by atoms with Crippen molar-refractivity contribution in [2.45, 2.75) is 27.7 Å². The van der Waals surface area contributed by atoms with Crippen molar-refractivity contribution in [2.75, 3.05) is 85.2 Å². The first-order valence-electron chi connectivity index (χ1n) is 14.7. The molecule has 1 fully saturated rings. The van der Waals surface area contributed by atoms with Crippen molar-refractivity contribution >= 4 is 35.5 Å². The van der Waals surface area contributed by atoms with E-state index in [4.69, 9.17) is 24.0 Å². The summed E-state index contributed by atoms with van der Waals surface area (Å²) in [6, 6.07) is 4.97. The summed E-state index contributed by atoms with van der Waals surface area (Å²) in [5, 5.41) is 15.1. The monoisotopic (exact) mass is 654 g/mol. The first-order chi connectivity index (χ1) is 21.9. The number of hydrogen-bond acceptors (Lipinski definition) is 16. The van der Waals surface area contributed by atoms with Crippen LogP contribution in [-0.4, -0.2) is 145 Å². The van der Waals surface area contributed by atoms with Gasteiger partial charge in [0.05, 0.1) is 44.3 Å². The van der Waals surface area contributed by atoms with Crippen LogP contribution in [0.3, 0.4) is 0 Å². The number of non-ortho nitro benzene ring substituents is 1. The van der Waals surface area contributed by atoms with Crippen LogP contribution in [0.2, 0.25) is 0 Å². The van der Waals surface area contributed by atoms with Crippen LogP contribution < -0.4 is 4.74 Å². The second-order valence-corrected chi connectivity index (χ2v) is 10.0. The maximum atomic E-state index is 13.5. The molecule has 256 valence electrons. The number of hydrogen-bond donors (Lipinski definition) is 0. The summed E-state index contributed by atoms with van der Waals surface area (Å²) in [6.45, 7) is 7.10. The summed E-state index contributed by atoms with van der Waals surface area (Å²) in [4.78, 5) is 90.7. The molecule has 0 N–H and O–H groups in total. The number of hydroxylamine groups is 6. The molecule has 0 aromatic heterocycles. The highest BCUT2D eigenvalue weighted by Crippen LogP contribution is 2.17. The Morgan fingerprint density at radius 1 is 0.783 bits per heavy atom. The molecule has 0 unspecified atom stereocenters. The van der Waals surface area contributed by atoms with Gasteiger partial charge in [-0.15, -0.1) is 15.2 Å². The minimum atomic E-state index is -0.758. The van der Waals surface area contributed by atoms with E-state index in [0.29, 0.717) is 6.61 Å². The van der Waals surface area contributed by atoms with Crippen molar-refractivity contribution in [1.82, 2.24) is 25.0 Å². The molecule has 18 heteroatoms. The lowest BCUT2D eigenvalue weighted by atomic mass is 10.3. The van der Waals surface area contributed by atoms with Gasteiger partial charge in [0.1, 0.15) is 12.3 Å². The minimum absolute atomic E-state index is 0.0827. The molecule has 0 spiro atoms. The summed E-state index contributed by atoms with van der Waals surface area (Å²) >= 11 is 0. The van der Waals surface area contributed by atoms with Gasteiger partial charge in [0.15, 0.2) is 0 Å². The molecule has 0 bridgehead atoms. The standard InChI is InChI=1S/C28H42N6O12/c1-5-42-19-18-30(21-28(39)43-26-8-6-25(7-9-26)34(40)41)27(38)20-29-10-12-31(44-22(2)35)14-16-33(46-24(4)37)17-15-32(13-11-29)45-23(3)36/h6-9H,5,10-21H2,1-4H3. The second kappa shape index (κ2) is 20.0. The van der Waals surface area contributed by atoms with Crippen LogP contribution in [-0.2, 0) is 43.2 Å². The lowest BCUT2D eigenvalue weighted by Gasteiger charge is -2.32. The third kappa shape index (κ3) is 15.2. The van der Waals surface area contributed by atoms with Crippen LogP contribution in [0.15, 0.2) is 24.3 Å². The molecule has 18 nitrogen and oxygen atoms in total. The normalized spacial score (nSPS) is 15.9. The smallest absolute Gasteiger partial charge is 0.331 e. The first kappa shape index (κ1) is 38.0. The van der Waals surface area contributed by atoms with Crippen molar-refractivity contribution in [1.29, 1.82) is 0 Å². The van der Waals surface area contributed by atoms with Crippen LogP contribution in [0.4, 0.5) is 5.69 Å². The van der Waals surface area contributed by atoms with E-state index in [1.807, 2.05) is 0 Å². The van der Waals surface area contributed by atoms with Gasteiger partial charge in [-0.3, -0.25) is 34.2 Å². The molecule has 46 heavy (non-hydrogen) atoms. The van der Waals surface area contributed by atoms with Crippen LogP contribution in [0.1, 0.15) is 27.7 Å². The Bertz CT molecular complexity index is 1150. The number of nitro groups is 1. The Kier molecular flexibility index (Phi) is 16.5. The molecule has 1 aliphatic heterocycles. The molecular weight excluding hydrogens is 612 g/mol. The molecule has 1 amide bonds. The van der Waals surface area contributed by atoms with Crippen LogP contribution in [0, 0.1) is 10.1 Å². The topological polar surface area (TPSA) is 191 Å². The van der Waals surface area contributed by atoms with Gasteiger partial charge >= 0.3 is 23.9 Å². The fraction of sp³-hybridized carbons (Fsp3) is 0.607. The van der Waals surface area contributed by atoms with E-state index in [9.17, 15) is 34.1 Å². The average Bonchev–Trinajstić information content (AvgIpc) is 2.97. The van der Waals surface area contributed by atoms with Crippen LogP contribution >= 0.6 is 0 Å². The zero-order valence-corrected chi connectivity index (χ0v) is 26.6. The van der Waals surface area contributed by atoms with Crippen molar-refractivity contribution in [3.8, 4) is 5.75 Å². The van der Waals surface area contributed by atoms with Gasteiger partial charge < -0.3 is 28.9 Å². The van der Waals surface area contributed by atoms with E-state index in [-0.39, 0.29) is 83.5 Å². The highest BCUT2D eigenvalue weighted by atomic mass is 16.7. The summed E-state index contributed by atoms with van der Waals surface area (Å²) in [6.07, 6.45) is 0. The Morgan fingerprint density at radius 2 is 1.24 bits per heavy atom. The Morgan fingerprint density at radius 3 is 1.65 bits per heavy atom. The third-order valence-electron chi connectivity index (χ3n) is 6.32. The van der Waals surface area contributed by atoms with Gasteiger partial charge in [-0.05, 0) is 19.1 Å². The fourth-order valence-electron chi connectivity index (χ4n) is 4.23. The van der Waals surface area contributed by atoms with E-state index >= 15 is 0 Å². The number of nitrogens with zero attached hydrogens (tertiary/aromatic N) is 6. The number of benzene rings is 1. The SMILES string of the molecule is CCOCCN(CC(=O)Oc1ccc([N+](=O)[O-])cc1)C(=O)CN1CCN(OC(C)=O)CCN(OC(C)=O)CCN(OC(C)=O)CC1. The largest absolute Gasteiger partial charge is 0.425 e. The third-order valence-corrected chi connectivity index (χ3v) is 6.32. The molecule has 2 rings (SSSR count). The van der Waals surface area contributed by atoms with E-state index in [0.717, 1.165) is 0 Å². The maximum Gasteiger partial charge on any atom is 0.331 e. The van der Waals surface area contributed by atoms with Crippen molar-refractivity contribution in [2.24, 2.45) is 0 Å². The van der Waals surface area contributed by atoms with E-state index in [1.54, 1.807) is 11.8 Å². The van der Waals surface area contributed by atoms with E-state index < -0.39 is 41.3 Å². The van der Waals surface area contributed by atoms with Crippen molar-refractivity contribution in [3.63, 3.8) is 0 Å². The number of nitro benzene ring substituents is 1. The molecule has 1 saturated heterocycles. The number of rotatable bonds is 13. The van der Waals surface area contributed by atoms with E-state index in [1.165, 1.54) is 65.1 Å². The van der Waals surface area contributed by atoms with Gasteiger partial charge in [0.25, 0.3) is 5.69 Å². The summed E-state index contributed by atoms with van der Waals surface area (Å²) in [5.41, 5.74) is -0.166. The highest BCUT2D eigenvalue weighted by Gasteiger charge is 2.25. The lowest BCUT2D eigenvalue weighted by Crippen LogP contribution is -2.50. The summed E-state index contributed by atoms with van der Waals surface area (Å²) < 4.78 is 10.7. The zero-order valence-electron chi connectivity index (χ0n) is 26.6. The van der Waals surface area contributed by atoms with Gasteiger partial charge in [-0.25, -0.2) is 4.79 Å². The highest BCUT2D eigenvalue weighted by molar-refractivity contribution is 5.84. The fourth-order valence-corrected chi connectivity index (χ4v) is 4.23. The summed E-state index contributed by atoms with van der Waals surface area (Å²) in [5.74, 6) is -2.75. The number of carbonyl (C=O) groups excluding carboxylic acids is 5. The Hall–Kier alpha value is -4.23. The van der Waals surface area contributed by atoms with Crippen LogP contribution in [0.5, 0.6) is 5.75 Å². The molecule has 1 aromatic carbocycles. The molecule has 0 saturated carbocycles. The molecule has 1 aromatic rings. The minimum Gasteiger partial charge on any atom is -0.425 e. The number of carbonyl (C=O) groups is 5. The van der Waals surface area contributed by atoms with Gasteiger partial charge in [-0.1, -0.05) is 0 Å². The molecule has 1 aliphatic rings.